The Hall–Kier alpha value is -3.07. The Kier molecular flexibility index (Phi) is 10.5. The largest absolute Gasteiger partial charge is 0.497 e. The summed E-state index contributed by atoms with van der Waals surface area (Å²) in [4.78, 5) is 28.3. The number of sulfonamides is 1. The van der Waals surface area contributed by atoms with E-state index in [1.165, 1.54) is 4.31 Å². The first-order valence-corrected chi connectivity index (χ1v) is 14.4. The van der Waals surface area contributed by atoms with Crippen LogP contribution in [0.4, 0.5) is 5.69 Å². The highest BCUT2D eigenvalue weighted by Gasteiger charge is 2.30. The van der Waals surface area contributed by atoms with Gasteiger partial charge >= 0.3 is 0 Å². The lowest BCUT2D eigenvalue weighted by Gasteiger charge is -2.33. The van der Waals surface area contributed by atoms with Crippen molar-refractivity contribution in [3.8, 4) is 5.75 Å². The Morgan fingerprint density at radius 3 is 2.32 bits per heavy atom. The average Bonchev–Trinajstić information content (AvgIpc) is 2.79. The fourth-order valence-corrected chi connectivity index (χ4v) is 5.08. The number of anilines is 1. The zero-order valence-electron chi connectivity index (χ0n) is 23.1. The topological polar surface area (TPSA) is 96.0 Å². The molecule has 9 heteroatoms. The summed E-state index contributed by atoms with van der Waals surface area (Å²) >= 11 is 0. The van der Waals surface area contributed by atoms with Crippen LogP contribution in [0.25, 0.3) is 0 Å². The standard InChI is InChI=1S/C28H41N3O5S/c1-8-25(27(33)29-28(3,4)5)30(20-22-13-10-15-24(19-22)36-6)26(32)16-11-17-31(37(7,34)35)23-14-9-12-21(2)18-23/h9-10,12-15,18-19,25H,8,11,16-17,20H2,1-7H3,(H,29,33). The van der Waals surface area contributed by atoms with Crippen LogP contribution in [0.15, 0.2) is 48.5 Å². The van der Waals surface area contributed by atoms with Gasteiger partial charge in [0, 0.05) is 25.0 Å². The number of rotatable bonds is 12. The van der Waals surface area contributed by atoms with Crippen molar-refractivity contribution in [2.45, 2.75) is 72.0 Å². The minimum atomic E-state index is -3.53. The maximum atomic E-state index is 13.5. The summed E-state index contributed by atoms with van der Waals surface area (Å²) in [6.45, 7) is 9.87. The third-order valence-corrected chi connectivity index (χ3v) is 7.01. The third kappa shape index (κ3) is 9.39. The Bertz CT molecular complexity index is 1170. The predicted molar refractivity (Wildman–Crippen MR) is 148 cm³/mol. The zero-order valence-corrected chi connectivity index (χ0v) is 23.9. The summed E-state index contributed by atoms with van der Waals surface area (Å²) in [7, 11) is -1.95. The van der Waals surface area contributed by atoms with E-state index in [0.717, 1.165) is 17.4 Å². The smallest absolute Gasteiger partial charge is 0.243 e. The van der Waals surface area contributed by atoms with E-state index in [0.29, 0.717) is 24.3 Å². The second-order valence-electron chi connectivity index (χ2n) is 10.3. The van der Waals surface area contributed by atoms with Gasteiger partial charge in [-0.1, -0.05) is 31.2 Å². The first-order valence-electron chi connectivity index (χ1n) is 12.5. The van der Waals surface area contributed by atoms with E-state index >= 15 is 0 Å². The van der Waals surface area contributed by atoms with E-state index in [1.54, 1.807) is 18.1 Å². The zero-order chi connectivity index (χ0) is 27.8. The van der Waals surface area contributed by atoms with Crippen LogP contribution in [-0.4, -0.2) is 56.6 Å². The molecule has 0 aliphatic rings. The lowest BCUT2D eigenvalue weighted by atomic mass is 10.0. The van der Waals surface area contributed by atoms with Gasteiger partial charge in [-0.05, 0) is 75.9 Å². The first kappa shape index (κ1) is 30.2. The summed E-state index contributed by atoms with van der Waals surface area (Å²) in [5.74, 6) is 0.235. The van der Waals surface area contributed by atoms with E-state index in [4.69, 9.17) is 4.74 Å². The molecule has 2 aromatic carbocycles. The SMILES string of the molecule is CCC(C(=O)NC(C)(C)C)N(Cc1cccc(OC)c1)C(=O)CCCN(c1cccc(C)c1)S(C)(=O)=O. The van der Waals surface area contributed by atoms with Gasteiger partial charge in [-0.15, -0.1) is 0 Å². The number of aryl methyl sites for hydroxylation is 1. The molecule has 0 aromatic heterocycles. The van der Waals surface area contributed by atoms with E-state index in [2.05, 4.69) is 5.32 Å². The van der Waals surface area contributed by atoms with Crippen molar-refractivity contribution in [1.29, 1.82) is 0 Å². The van der Waals surface area contributed by atoms with Crippen molar-refractivity contribution in [3.05, 3.63) is 59.7 Å². The third-order valence-electron chi connectivity index (χ3n) is 5.81. The number of nitrogens with zero attached hydrogens (tertiary/aromatic N) is 2. The highest BCUT2D eigenvalue weighted by Crippen LogP contribution is 2.22. The number of benzene rings is 2. The van der Waals surface area contributed by atoms with Gasteiger partial charge in [-0.2, -0.15) is 0 Å². The van der Waals surface area contributed by atoms with Crippen molar-refractivity contribution < 1.29 is 22.7 Å². The molecule has 37 heavy (non-hydrogen) atoms. The molecule has 1 unspecified atom stereocenters. The Morgan fingerprint density at radius 1 is 1.08 bits per heavy atom. The molecule has 0 spiro atoms. The van der Waals surface area contributed by atoms with Crippen LogP contribution < -0.4 is 14.4 Å². The second kappa shape index (κ2) is 12.9. The maximum absolute atomic E-state index is 13.5. The summed E-state index contributed by atoms with van der Waals surface area (Å²) in [5.41, 5.74) is 1.91. The highest BCUT2D eigenvalue weighted by atomic mass is 32.2. The van der Waals surface area contributed by atoms with Crippen LogP contribution in [0.1, 0.15) is 58.1 Å². The molecule has 8 nitrogen and oxygen atoms in total. The number of ether oxygens (including phenoxy) is 1. The first-order chi connectivity index (χ1) is 17.2. The highest BCUT2D eigenvalue weighted by molar-refractivity contribution is 7.92. The van der Waals surface area contributed by atoms with E-state index in [-0.39, 0.29) is 31.3 Å². The van der Waals surface area contributed by atoms with E-state index < -0.39 is 21.6 Å². The average molecular weight is 532 g/mol. The number of hydrogen-bond donors (Lipinski definition) is 1. The van der Waals surface area contributed by atoms with Gasteiger partial charge in [0.05, 0.1) is 19.1 Å². The molecule has 0 heterocycles. The molecule has 2 aromatic rings. The van der Waals surface area contributed by atoms with Gasteiger partial charge in [-0.25, -0.2) is 8.42 Å². The van der Waals surface area contributed by atoms with Crippen LogP contribution in [0.2, 0.25) is 0 Å². The van der Waals surface area contributed by atoms with Crippen LogP contribution in [0.3, 0.4) is 0 Å². The van der Waals surface area contributed by atoms with E-state index in [9.17, 15) is 18.0 Å². The monoisotopic (exact) mass is 531 g/mol. The molecule has 0 fully saturated rings. The summed E-state index contributed by atoms with van der Waals surface area (Å²) in [6, 6.07) is 14.0. The molecule has 0 radical (unpaired) electrons. The fraction of sp³-hybridized carbons (Fsp3) is 0.500. The quantitative estimate of drug-likeness (QED) is 0.441. The van der Waals surface area contributed by atoms with Crippen LogP contribution >= 0.6 is 0 Å². The van der Waals surface area contributed by atoms with Crippen LogP contribution in [0, 0.1) is 6.92 Å². The summed E-state index contributed by atoms with van der Waals surface area (Å²) < 4.78 is 31.6. The Balaban J connectivity index is 2.26. The molecule has 0 aliphatic carbocycles. The van der Waals surface area contributed by atoms with Gasteiger partial charge in [-0.3, -0.25) is 13.9 Å². The van der Waals surface area contributed by atoms with Crippen molar-refractivity contribution >= 4 is 27.5 Å². The van der Waals surface area contributed by atoms with E-state index in [1.807, 2.05) is 77.1 Å². The number of carbonyl (C=O) groups excluding carboxylic acids is 2. The summed E-state index contributed by atoms with van der Waals surface area (Å²) in [5, 5.41) is 2.99. The van der Waals surface area contributed by atoms with Crippen molar-refractivity contribution in [2.24, 2.45) is 0 Å². The van der Waals surface area contributed by atoms with Gasteiger partial charge in [0.1, 0.15) is 11.8 Å². The molecule has 0 saturated heterocycles. The van der Waals surface area contributed by atoms with Gasteiger partial charge < -0.3 is 15.0 Å². The molecule has 1 N–H and O–H groups in total. The molecule has 2 rings (SSSR count). The molecular formula is C28H41N3O5S. The molecule has 0 saturated carbocycles. The molecular weight excluding hydrogens is 490 g/mol. The Morgan fingerprint density at radius 2 is 1.76 bits per heavy atom. The van der Waals surface area contributed by atoms with Crippen LogP contribution in [0.5, 0.6) is 5.75 Å². The minimum Gasteiger partial charge on any atom is -0.497 e. The predicted octanol–water partition coefficient (Wildman–Crippen LogP) is 4.27. The lowest BCUT2D eigenvalue weighted by Crippen LogP contribution is -2.53. The fourth-order valence-electron chi connectivity index (χ4n) is 4.13. The molecule has 0 bridgehead atoms. The molecule has 2 amide bonds. The van der Waals surface area contributed by atoms with Crippen molar-refractivity contribution in [2.75, 3.05) is 24.2 Å². The summed E-state index contributed by atoms with van der Waals surface area (Å²) in [6.07, 6.45) is 2.01. The normalized spacial score (nSPS) is 12.5. The van der Waals surface area contributed by atoms with Crippen molar-refractivity contribution in [1.82, 2.24) is 10.2 Å². The number of amides is 2. The minimum absolute atomic E-state index is 0.0983. The second-order valence-corrected chi connectivity index (χ2v) is 12.2. The number of nitrogens with one attached hydrogen (secondary N) is 1. The molecule has 204 valence electrons. The van der Waals surface area contributed by atoms with Gasteiger partial charge in [0.15, 0.2) is 0 Å². The van der Waals surface area contributed by atoms with Crippen molar-refractivity contribution in [3.63, 3.8) is 0 Å². The lowest BCUT2D eigenvalue weighted by molar-refractivity contribution is -0.142. The number of carbonyl (C=O) groups is 2. The van der Waals surface area contributed by atoms with Gasteiger partial charge in [0.25, 0.3) is 0 Å². The number of hydrogen-bond acceptors (Lipinski definition) is 5. The molecule has 0 aliphatic heterocycles. The maximum Gasteiger partial charge on any atom is 0.243 e. The number of methoxy groups -OCH3 is 1. The van der Waals surface area contributed by atoms with Crippen LogP contribution in [-0.2, 0) is 26.2 Å². The Labute approximate surface area is 222 Å². The molecule has 1 atom stereocenters. The van der Waals surface area contributed by atoms with Gasteiger partial charge in [0.2, 0.25) is 21.8 Å².